The highest BCUT2D eigenvalue weighted by Crippen LogP contribution is 2.33. The Hall–Kier alpha value is -3.21. The van der Waals surface area contributed by atoms with Gasteiger partial charge in [-0.2, -0.15) is 5.01 Å². The molecule has 3 aromatic carbocycles. The van der Waals surface area contributed by atoms with E-state index < -0.39 is 11.8 Å². The summed E-state index contributed by atoms with van der Waals surface area (Å²) in [5.41, 5.74) is 4.50. The van der Waals surface area contributed by atoms with Crippen LogP contribution in [0.2, 0.25) is 0 Å². The number of benzene rings is 3. The first-order valence-electron chi connectivity index (χ1n) is 10.2. The summed E-state index contributed by atoms with van der Waals surface area (Å²) in [6, 6.07) is 18.0. The standard InChI is InChI=1S/C25H18BrFN2O4S2/c1-32-19-9-5-17(6-10-19)23(30)28-29-24(31)22(35-25(29)34)13-16-4-11-21(20(26)12-16)33-14-15-2-7-18(27)8-3-15/h2-13H,14H2,1H3,(H,28,30)/b22-13-. The number of thioether (sulfide) groups is 1. The number of hydrogen-bond donors (Lipinski definition) is 1. The van der Waals surface area contributed by atoms with E-state index in [-0.39, 0.29) is 16.7 Å². The minimum absolute atomic E-state index is 0.224. The maximum absolute atomic E-state index is 13.1. The number of methoxy groups -OCH3 is 1. The molecule has 0 aliphatic carbocycles. The molecular formula is C25H18BrFN2O4S2. The summed E-state index contributed by atoms with van der Waals surface area (Å²) in [5.74, 6) is 0.0362. The Bertz CT molecular complexity index is 1310. The zero-order valence-corrected chi connectivity index (χ0v) is 21.5. The summed E-state index contributed by atoms with van der Waals surface area (Å²) < 4.78 is 24.9. The fraction of sp³-hybridized carbons (Fsp3) is 0.0800. The lowest BCUT2D eigenvalue weighted by Crippen LogP contribution is -2.44. The molecule has 1 heterocycles. The number of amides is 2. The summed E-state index contributed by atoms with van der Waals surface area (Å²) in [6.45, 7) is 0.283. The van der Waals surface area contributed by atoms with Gasteiger partial charge in [0.1, 0.15) is 23.9 Å². The van der Waals surface area contributed by atoms with Crippen molar-refractivity contribution in [2.24, 2.45) is 0 Å². The van der Waals surface area contributed by atoms with Crippen LogP contribution in [-0.2, 0) is 11.4 Å². The van der Waals surface area contributed by atoms with Crippen LogP contribution in [0.4, 0.5) is 4.39 Å². The van der Waals surface area contributed by atoms with Gasteiger partial charge in [-0.25, -0.2) is 4.39 Å². The van der Waals surface area contributed by atoms with E-state index in [4.69, 9.17) is 21.7 Å². The van der Waals surface area contributed by atoms with Gasteiger partial charge in [0.2, 0.25) is 0 Å². The zero-order chi connectivity index (χ0) is 24.9. The van der Waals surface area contributed by atoms with Crippen LogP contribution in [0, 0.1) is 5.82 Å². The Kier molecular flexibility index (Phi) is 7.84. The van der Waals surface area contributed by atoms with Gasteiger partial charge in [-0.3, -0.25) is 15.0 Å². The Morgan fingerprint density at radius 2 is 1.86 bits per heavy atom. The Balaban J connectivity index is 1.42. The van der Waals surface area contributed by atoms with E-state index in [1.165, 1.54) is 19.2 Å². The van der Waals surface area contributed by atoms with E-state index in [0.29, 0.717) is 26.4 Å². The SMILES string of the molecule is COc1ccc(C(=O)NN2C(=O)/C(=C/c3ccc(OCc4ccc(F)cc4)c(Br)c3)SC2=S)cc1. The molecule has 1 aliphatic rings. The van der Waals surface area contributed by atoms with Crippen LogP contribution in [0.15, 0.2) is 76.1 Å². The van der Waals surface area contributed by atoms with Crippen LogP contribution in [0.5, 0.6) is 11.5 Å². The predicted molar refractivity (Wildman–Crippen MR) is 140 cm³/mol. The molecule has 0 aromatic heterocycles. The molecule has 0 atom stereocenters. The normalized spacial score (nSPS) is 14.4. The quantitative estimate of drug-likeness (QED) is 0.288. The Morgan fingerprint density at radius 1 is 1.14 bits per heavy atom. The van der Waals surface area contributed by atoms with E-state index in [0.717, 1.165) is 27.9 Å². The van der Waals surface area contributed by atoms with Crippen molar-refractivity contribution >= 4 is 62.1 Å². The largest absolute Gasteiger partial charge is 0.497 e. The zero-order valence-electron chi connectivity index (χ0n) is 18.3. The van der Waals surface area contributed by atoms with Gasteiger partial charge in [0.05, 0.1) is 16.5 Å². The Morgan fingerprint density at radius 3 is 2.51 bits per heavy atom. The minimum Gasteiger partial charge on any atom is -0.497 e. The molecule has 6 nitrogen and oxygen atoms in total. The lowest BCUT2D eigenvalue weighted by atomic mass is 10.2. The number of halogens is 2. The van der Waals surface area contributed by atoms with Crippen molar-refractivity contribution in [2.45, 2.75) is 6.61 Å². The number of rotatable bonds is 7. The predicted octanol–water partition coefficient (Wildman–Crippen LogP) is 5.72. The first kappa shape index (κ1) is 24.9. The molecule has 0 radical (unpaired) electrons. The Labute approximate surface area is 219 Å². The molecule has 1 N–H and O–H groups in total. The second-order valence-electron chi connectivity index (χ2n) is 7.29. The molecule has 0 unspecified atom stereocenters. The molecule has 3 aromatic rings. The van der Waals surface area contributed by atoms with Crippen molar-refractivity contribution in [1.29, 1.82) is 0 Å². The molecule has 0 spiro atoms. The van der Waals surface area contributed by atoms with E-state index in [1.807, 2.05) is 6.07 Å². The summed E-state index contributed by atoms with van der Waals surface area (Å²) in [4.78, 5) is 25.8. The van der Waals surface area contributed by atoms with Crippen molar-refractivity contribution < 1.29 is 23.5 Å². The average Bonchev–Trinajstić information content (AvgIpc) is 3.11. The molecule has 4 rings (SSSR count). The molecule has 10 heteroatoms. The molecular weight excluding hydrogens is 555 g/mol. The first-order valence-corrected chi connectivity index (χ1v) is 12.3. The monoisotopic (exact) mass is 572 g/mol. The summed E-state index contributed by atoms with van der Waals surface area (Å²) in [6.07, 6.45) is 1.69. The van der Waals surface area contributed by atoms with Crippen molar-refractivity contribution in [2.75, 3.05) is 7.11 Å². The van der Waals surface area contributed by atoms with Gasteiger partial charge < -0.3 is 9.47 Å². The number of nitrogens with zero attached hydrogens (tertiary/aromatic N) is 1. The lowest BCUT2D eigenvalue weighted by molar-refractivity contribution is -0.123. The number of nitrogens with one attached hydrogen (secondary N) is 1. The second-order valence-corrected chi connectivity index (χ2v) is 9.82. The molecule has 0 saturated carbocycles. The maximum atomic E-state index is 13.1. The van der Waals surface area contributed by atoms with Gasteiger partial charge in [0.25, 0.3) is 11.8 Å². The topological polar surface area (TPSA) is 67.9 Å². The second kappa shape index (κ2) is 11.0. The van der Waals surface area contributed by atoms with Crippen molar-refractivity contribution in [1.82, 2.24) is 10.4 Å². The molecule has 0 bridgehead atoms. The van der Waals surface area contributed by atoms with Gasteiger partial charge in [-0.05, 0) is 93.9 Å². The van der Waals surface area contributed by atoms with Crippen molar-refractivity contribution in [3.63, 3.8) is 0 Å². The number of thiocarbonyl (C=S) groups is 1. The fourth-order valence-corrected chi connectivity index (χ4v) is 4.78. The van der Waals surface area contributed by atoms with Gasteiger partial charge in [-0.15, -0.1) is 0 Å². The van der Waals surface area contributed by atoms with Crippen LogP contribution >= 0.6 is 39.9 Å². The van der Waals surface area contributed by atoms with Crippen molar-refractivity contribution in [3.8, 4) is 11.5 Å². The number of carbonyl (C=O) groups is 2. The number of hydrogen-bond acceptors (Lipinski definition) is 6. The summed E-state index contributed by atoms with van der Waals surface area (Å²) in [5, 5.41) is 1.06. The van der Waals surface area contributed by atoms with Crippen LogP contribution < -0.4 is 14.9 Å². The molecule has 1 saturated heterocycles. The van der Waals surface area contributed by atoms with Crippen LogP contribution in [0.3, 0.4) is 0 Å². The van der Waals surface area contributed by atoms with Gasteiger partial charge in [0.15, 0.2) is 4.32 Å². The van der Waals surface area contributed by atoms with Gasteiger partial charge in [-0.1, -0.05) is 30.0 Å². The molecule has 1 fully saturated rings. The number of carbonyl (C=O) groups excluding carboxylic acids is 2. The van der Waals surface area contributed by atoms with E-state index in [1.54, 1.807) is 54.6 Å². The van der Waals surface area contributed by atoms with Crippen LogP contribution in [-0.4, -0.2) is 28.3 Å². The highest BCUT2D eigenvalue weighted by atomic mass is 79.9. The third-order valence-electron chi connectivity index (χ3n) is 4.92. The van der Waals surface area contributed by atoms with Crippen LogP contribution in [0.1, 0.15) is 21.5 Å². The smallest absolute Gasteiger partial charge is 0.285 e. The van der Waals surface area contributed by atoms with Crippen molar-refractivity contribution in [3.05, 3.63) is 98.6 Å². The minimum atomic E-state index is -0.462. The highest BCUT2D eigenvalue weighted by Gasteiger charge is 2.33. The molecule has 35 heavy (non-hydrogen) atoms. The molecule has 2 amide bonds. The third kappa shape index (κ3) is 6.08. The lowest BCUT2D eigenvalue weighted by Gasteiger charge is -2.15. The van der Waals surface area contributed by atoms with Crippen LogP contribution in [0.25, 0.3) is 6.08 Å². The first-order chi connectivity index (χ1) is 16.8. The summed E-state index contributed by atoms with van der Waals surface area (Å²) >= 11 is 9.87. The molecule has 1 aliphatic heterocycles. The number of ether oxygens (including phenoxy) is 2. The number of hydrazine groups is 1. The average molecular weight is 573 g/mol. The van der Waals surface area contributed by atoms with Gasteiger partial charge >= 0.3 is 0 Å². The van der Waals surface area contributed by atoms with E-state index in [9.17, 15) is 14.0 Å². The maximum Gasteiger partial charge on any atom is 0.285 e. The van der Waals surface area contributed by atoms with E-state index in [2.05, 4.69) is 21.4 Å². The van der Waals surface area contributed by atoms with E-state index >= 15 is 0 Å². The van der Waals surface area contributed by atoms with Gasteiger partial charge in [0, 0.05) is 5.56 Å². The fourth-order valence-electron chi connectivity index (χ4n) is 3.09. The highest BCUT2D eigenvalue weighted by molar-refractivity contribution is 9.10. The summed E-state index contributed by atoms with van der Waals surface area (Å²) in [7, 11) is 1.54. The molecule has 178 valence electrons. The third-order valence-corrected chi connectivity index (χ3v) is 6.84.